The molecule has 0 radical (unpaired) electrons. The molecule has 0 amide bonds. The molecule has 0 saturated carbocycles. The molecule has 9 aromatic carbocycles. The lowest BCUT2D eigenvalue weighted by Gasteiger charge is -2.42. The van der Waals surface area contributed by atoms with E-state index in [0.29, 0.717) is 17.5 Å². The van der Waals surface area contributed by atoms with E-state index in [2.05, 4.69) is 150 Å². The van der Waals surface area contributed by atoms with Gasteiger partial charge in [-0.1, -0.05) is 168 Å². The van der Waals surface area contributed by atoms with E-state index in [1.165, 1.54) is 72.1 Å². The van der Waals surface area contributed by atoms with Crippen molar-refractivity contribution < 1.29 is 0 Å². The van der Waals surface area contributed by atoms with Crippen LogP contribution in [0.15, 0.2) is 194 Å². The highest BCUT2D eigenvalue weighted by Gasteiger charge is 2.50. The van der Waals surface area contributed by atoms with E-state index in [1.807, 2.05) is 60.7 Å². The average molecular weight is 845 g/mol. The molecule has 0 spiro atoms. The molecule has 5 heterocycles. The van der Waals surface area contributed by atoms with Crippen LogP contribution < -0.4 is 37.7 Å². The molecule has 304 valence electrons. The van der Waals surface area contributed by atoms with Crippen LogP contribution in [0.2, 0.25) is 0 Å². The molecule has 0 fully saturated rings. The van der Waals surface area contributed by atoms with Gasteiger partial charge >= 0.3 is 0 Å². The van der Waals surface area contributed by atoms with Crippen LogP contribution in [0.4, 0.5) is 17.1 Å². The van der Waals surface area contributed by atoms with Crippen molar-refractivity contribution >= 4 is 63.3 Å². The second-order valence-corrected chi connectivity index (χ2v) is 17.8. The van der Waals surface area contributed by atoms with Crippen molar-refractivity contribution in [1.82, 2.24) is 15.0 Å². The second kappa shape index (κ2) is 14.3. The zero-order valence-electron chi connectivity index (χ0n) is 36.1. The van der Waals surface area contributed by atoms with E-state index in [-0.39, 0.29) is 13.4 Å². The third-order valence-corrected chi connectivity index (χ3v) is 14.3. The Bertz CT molecular complexity index is 3590. The molecule has 4 aliphatic heterocycles. The summed E-state index contributed by atoms with van der Waals surface area (Å²) in [7, 11) is 0. The van der Waals surface area contributed by atoms with Gasteiger partial charge in [0.05, 0.1) is 0 Å². The highest BCUT2D eigenvalue weighted by Crippen LogP contribution is 2.45. The summed E-state index contributed by atoms with van der Waals surface area (Å²) in [5.74, 6) is 7.46. The van der Waals surface area contributed by atoms with E-state index < -0.39 is 0 Å². The van der Waals surface area contributed by atoms with Gasteiger partial charge in [-0.15, -0.1) is 12.8 Å². The summed E-state index contributed by atoms with van der Waals surface area (Å²) in [5, 5.41) is 0. The fraction of sp³-hybridized carbons (Fsp3) is 0. The molecule has 4 aliphatic rings. The number of anilines is 3. The lowest BCUT2D eigenvalue weighted by molar-refractivity contribution is 1.07. The van der Waals surface area contributed by atoms with Gasteiger partial charge in [0.25, 0.3) is 0 Å². The molecule has 67 heavy (non-hydrogen) atoms. The Balaban J connectivity index is 1.04. The maximum absolute atomic E-state index is 5.75. The molecular formula is C61H34B2N4. The summed E-state index contributed by atoms with van der Waals surface area (Å²) >= 11 is 0. The lowest BCUT2D eigenvalue weighted by atomic mass is 9.32. The smallest absolute Gasteiger partial charge is 0.248 e. The maximum Gasteiger partial charge on any atom is 0.248 e. The van der Waals surface area contributed by atoms with Crippen LogP contribution in [0.25, 0.3) is 78.7 Å². The first kappa shape index (κ1) is 37.4. The predicted octanol–water partition coefficient (Wildman–Crippen LogP) is 9.26. The summed E-state index contributed by atoms with van der Waals surface area (Å²) in [6.45, 7) is -0.0426. The molecular weight excluding hydrogens is 810 g/mol. The molecule has 10 aromatic rings. The Morgan fingerprint density at radius 3 is 1.19 bits per heavy atom. The lowest BCUT2D eigenvalue weighted by Crippen LogP contribution is -2.63. The minimum Gasteiger partial charge on any atom is -0.312 e. The first-order valence-electron chi connectivity index (χ1n) is 22.7. The second-order valence-electron chi connectivity index (χ2n) is 17.8. The highest BCUT2D eigenvalue weighted by molar-refractivity contribution is 7.05. The van der Waals surface area contributed by atoms with Crippen molar-refractivity contribution in [2.24, 2.45) is 0 Å². The zero-order valence-corrected chi connectivity index (χ0v) is 36.1. The number of nitrogens with zero attached hydrogens (tertiary/aromatic N) is 4. The zero-order chi connectivity index (χ0) is 44.3. The molecule has 0 atom stereocenters. The molecule has 0 aliphatic carbocycles. The summed E-state index contributed by atoms with van der Waals surface area (Å²) in [5.41, 5.74) is 25.6. The Kier molecular flexibility index (Phi) is 7.97. The minimum atomic E-state index is -0.0213. The van der Waals surface area contributed by atoms with Crippen molar-refractivity contribution in [1.29, 1.82) is 0 Å². The van der Waals surface area contributed by atoms with Gasteiger partial charge in [-0.3, -0.25) is 0 Å². The number of hydrogen-bond donors (Lipinski definition) is 0. The van der Waals surface area contributed by atoms with Crippen LogP contribution in [-0.4, -0.2) is 28.4 Å². The van der Waals surface area contributed by atoms with Gasteiger partial charge in [0.15, 0.2) is 17.5 Å². The van der Waals surface area contributed by atoms with Crippen LogP contribution in [0, 0.1) is 24.7 Å². The van der Waals surface area contributed by atoms with Gasteiger partial charge in [0, 0.05) is 44.9 Å². The molecule has 14 rings (SSSR count). The van der Waals surface area contributed by atoms with Crippen LogP contribution in [0.3, 0.4) is 0 Å². The summed E-state index contributed by atoms with van der Waals surface area (Å²) < 4.78 is 0. The van der Waals surface area contributed by atoms with Gasteiger partial charge in [0.1, 0.15) is 0 Å². The fourth-order valence-electron chi connectivity index (χ4n) is 11.3. The van der Waals surface area contributed by atoms with Gasteiger partial charge in [0.2, 0.25) is 13.4 Å². The van der Waals surface area contributed by atoms with Crippen LogP contribution >= 0.6 is 0 Å². The average Bonchev–Trinajstić information content (AvgIpc) is 3.92. The topological polar surface area (TPSA) is 41.9 Å². The largest absolute Gasteiger partial charge is 0.312 e. The monoisotopic (exact) mass is 844 g/mol. The molecule has 6 heteroatoms. The minimum absolute atomic E-state index is 0.0213. The molecule has 1 aromatic heterocycles. The molecule has 0 bridgehead atoms. The normalized spacial score (nSPS) is 12.7. The van der Waals surface area contributed by atoms with Crippen molar-refractivity contribution in [2.75, 3.05) is 4.90 Å². The standard InChI is InChI=1S/C61H34B2N4/c1-3-37-21-25-39(26-22-37)43-29-31-50-48(33-43)46-17-11-19-54-56(46)62(50)52-35-45(61-65-59(41-13-7-5-8-14-41)64-60(66-61)42-15-9-6-10-16-42)36-53-58(52)67(54)55-20-12-18-47-49-34-44(30-32-51(49)63(53)57(47)55)40-27-23-38(4-2)24-28-40/h1-2,5-36H. The van der Waals surface area contributed by atoms with Gasteiger partial charge < -0.3 is 4.90 Å². The van der Waals surface area contributed by atoms with Gasteiger partial charge in [-0.05, 0) is 115 Å². The summed E-state index contributed by atoms with van der Waals surface area (Å²) in [6, 6.07) is 69.5. The molecule has 0 N–H and O–H groups in total. The van der Waals surface area contributed by atoms with Crippen molar-refractivity contribution in [3.8, 4) is 103 Å². The highest BCUT2D eigenvalue weighted by atomic mass is 15.2. The van der Waals surface area contributed by atoms with Crippen molar-refractivity contribution in [2.45, 2.75) is 0 Å². The van der Waals surface area contributed by atoms with Crippen LogP contribution in [0.1, 0.15) is 11.1 Å². The maximum atomic E-state index is 5.75. The van der Waals surface area contributed by atoms with Crippen molar-refractivity contribution in [3.05, 3.63) is 205 Å². The van der Waals surface area contributed by atoms with E-state index >= 15 is 0 Å². The third kappa shape index (κ3) is 5.51. The van der Waals surface area contributed by atoms with Crippen LogP contribution in [-0.2, 0) is 0 Å². The van der Waals surface area contributed by atoms with E-state index in [9.17, 15) is 0 Å². The Morgan fingerprint density at radius 1 is 0.343 bits per heavy atom. The first-order valence-corrected chi connectivity index (χ1v) is 22.7. The molecule has 4 nitrogen and oxygen atoms in total. The predicted molar refractivity (Wildman–Crippen MR) is 278 cm³/mol. The summed E-state index contributed by atoms with van der Waals surface area (Å²) in [6.07, 6.45) is 11.5. The van der Waals surface area contributed by atoms with E-state index in [4.69, 9.17) is 27.8 Å². The molecule has 0 saturated heterocycles. The number of hydrogen-bond acceptors (Lipinski definition) is 4. The third-order valence-electron chi connectivity index (χ3n) is 14.3. The first-order chi connectivity index (χ1) is 33.1. The number of aromatic nitrogens is 3. The quantitative estimate of drug-likeness (QED) is 0.128. The Labute approximate surface area is 389 Å². The van der Waals surface area contributed by atoms with Gasteiger partial charge in [-0.2, -0.15) is 0 Å². The fourth-order valence-corrected chi connectivity index (χ4v) is 11.3. The Hall–Kier alpha value is -8.96. The SMILES string of the molecule is C#Cc1ccc(-c2ccc3c(c2)-c2cccc4c2B3c2cc(-c3nc(-c5ccccc5)nc(-c5ccccc5)n3)cc3c2N4c2cccc4c2B3c2ccc(-c3ccc(C#C)cc3)cc2-4)cc1. The number of benzene rings is 9. The van der Waals surface area contributed by atoms with Crippen molar-refractivity contribution in [3.63, 3.8) is 0 Å². The number of terminal acetylenes is 2. The van der Waals surface area contributed by atoms with E-state index in [0.717, 1.165) is 50.1 Å². The van der Waals surface area contributed by atoms with Crippen LogP contribution in [0.5, 0.6) is 0 Å². The molecule has 0 unspecified atom stereocenters. The van der Waals surface area contributed by atoms with Gasteiger partial charge in [-0.25, -0.2) is 15.0 Å². The Morgan fingerprint density at radius 2 is 0.761 bits per heavy atom. The van der Waals surface area contributed by atoms with E-state index in [1.54, 1.807) is 0 Å². The number of fused-ring (bicyclic) bond motifs is 10. The summed E-state index contributed by atoms with van der Waals surface area (Å²) in [4.78, 5) is 18.3. The number of rotatable bonds is 5.